The molecule has 0 bridgehead atoms. The molecule has 0 aliphatic carbocycles. The van der Waals surface area contributed by atoms with Crippen molar-refractivity contribution in [2.75, 3.05) is 13.2 Å². The van der Waals surface area contributed by atoms with Gasteiger partial charge in [0.25, 0.3) is 0 Å². The van der Waals surface area contributed by atoms with Crippen LogP contribution in [-0.2, 0) is 12.8 Å². The number of halogens is 2. The van der Waals surface area contributed by atoms with Crippen LogP contribution in [0.15, 0.2) is 30.3 Å². The summed E-state index contributed by atoms with van der Waals surface area (Å²) in [6.07, 6.45) is 1.32. The number of hydrogen-bond donors (Lipinski definition) is 1. The Morgan fingerprint density at radius 2 is 2.14 bits per heavy atom. The van der Waals surface area contributed by atoms with Gasteiger partial charge in [-0.2, -0.15) is 0 Å². The molecule has 2 aromatic carbocycles. The molecule has 2 aromatic rings. The first kappa shape index (κ1) is 14.2. The Kier molecular flexibility index (Phi) is 3.99. The Labute approximate surface area is 127 Å². The van der Waals surface area contributed by atoms with Crippen LogP contribution in [0.25, 0.3) is 0 Å². The van der Waals surface area contributed by atoms with Crippen molar-refractivity contribution in [3.8, 4) is 17.2 Å². The fourth-order valence-corrected chi connectivity index (χ4v) is 2.57. The summed E-state index contributed by atoms with van der Waals surface area (Å²) in [4.78, 5) is 0. The molecular formula is C16H15ClFNO2. The maximum Gasteiger partial charge on any atom is 0.142 e. The smallest absolute Gasteiger partial charge is 0.142 e. The molecule has 0 atom stereocenters. The van der Waals surface area contributed by atoms with Gasteiger partial charge in [0, 0.05) is 18.1 Å². The minimum atomic E-state index is -0.464. The maximum atomic E-state index is 13.6. The van der Waals surface area contributed by atoms with Crippen LogP contribution in [0, 0.1) is 5.82 Å². The quantitative estimate of drug-likeness (QED) is 0.936. The van der Waals surface area contributed by atoms with Crippen molar-refractivity contribution in [3.05, 3.63) is 52.3 Å². The lowest BCUT2D eigenvalue weighted by molar-refractivity contribution is 0.357. The summed E-state index contributed by atoms with van der Waals surface area (Å²) < 4.78 is 25.1. The van der Waals surface area contributed by atoms with Gasteiger partial charge in [-0.15, -0.1) is 0 Å². The average molecular weight is 308 g/mol. The van der Waals surface area contributed by atoms with E-state index in [0.29, 0.717) is 36.6 Å². The topological polar surface area (TPSA) is 44.5 Å². The SMILES string of the molecule is NCCc1cc(F)c(Cl)cc1Oc1cccc2c1CCO2. The summed E-state index contributed by atoms with van der Waals surface area (Å²) in [6.45, 7) is 1.06. The van der Waals surface area contributed by atoms with Crippen LogP contribution in [0.5, 0.6) is 17.2 Å². The molecule has 0 radical (unpaired) electrons. The third-order valence-electron chi connectivity index (χ3n) is 3.44. The summed E-state index contributed by atoms with van der Waals surface area (Å²) in [6, 6.07) is 8.53. The molecule has 0 spiro atoms. The van der Waals surface area contributed by atoms with Crippen molar-refractivity contribution < 1.29 is 13.9 Å². The van der Waals surface area contributed by atoms with Crippen LogP contribution in [0.4, 0.5) is 4.39 Å². The van der Waals surface area contributed by atoms with Gasteiger partial charge >= 0.3 is 0 Å². The van der Waals surface area contributed by atoms with E-state index >= 15 is 0 Å². The molecule has 3 nitrogen and oxygen atoms in total. The van der Waals surface area contributed by atoms with Crippen LogP contribution >= 0.6 is 11.6 Å². The zero-order valence-electron chi connectivity index (χ0n) is 11.4. The highest BCUT2D eigenvalue weighted by molar-refractivity contribution is 6.30. The van der Waals surface area contributed by atoms with Gasteiger partial charge in [-0.1, -0.05) is 17.7 Å². The number of fused-ring (bicyclic) bond motifs is 1. The molecule has 2 N–H and O–H groups in total. The summed E-state index contributed by atoms with van der Waals surface area (Å²) in [5.41, 5.74) is 7.30. The molecule has 5 heteroatoms. The Morgan fingerprint density at radius 1 is 1.29 bits per heavy atom. The monoisotopic (exact) mass is 307 g/mol. The van der Waals surface area contributed by atoms with Gasteiger partial charge < -0.3 is 15.2 Å². The van der Waals surface area contributed by atoms with Gasteiger partial charge in [0.2, 0.25) is 0 Å². The van der Waals surface area contributed by atoms with Crippen LogP contribution < -0.4 is 15.2 Å². The van der Waals surface area contributed by atoms with Crippen molar-refractivity contribution in [2.45, 2.75) is 12.8 Å². The lowest BCUT2D eigenvalue weighted by atomic mass is 10.1. The standard InChI is InChI=1S/C16H15ClFNO2/c17-12-9-16(10(4-6-19)8-13(12)18)21-15-3-1-2-14-11(15)5-7-20-14/h1-3,8-9H,4-7,19H2. The molecule has 0 aromatic heterocycles. The van der Waals surface area contributed by atoms with Crippen LogP contribution in [-0.4, -0.2) is 13.2 Å². The van der Waals surface area contributed by atoms with E-state index in [-0.39, 0.29) is 5.02 Å². The number of hydrogen-bond acceptors (Lipinski definition) is 3. The maximum absolute atomic E-state index is 13.6. The van der Waals surface area contributed by atoms with E-state index in [1.54, 1.807) is 0 Å². The summed E-state index contributed by atoms with van der Waals surface area (Å²) in [5.74, 6) is 1.62. The van der Waals surface area contributed by atoms with E-state index in [1.165, 1.54) is 12.1 Å². The highest BCUT2D eigenvalue weighted by Gasteiger charge is 2.18. The Hall–Kier alpha value is -1.78. The number of nitrogens with two attached hydrogens (primary N) is 1. The van der Waals surface area contributed by atoms with Gasteiger partial charge in [0.1, 0.15) is 23.1 Å². The molecule has 0 amide bonds. The molecule has 0 saturated carbocycles. The van der Waals surface area contributed by atoms with E-state index in [2.05, 4.69) is 0 Å². The second-order valence-corrected chi connectivity index (χ2v) is 5.25. The van der Waals surface area contributed by atoms with Crippen molar-refractivity contribution in [3.63, 3.8) is 0 Å². The van der Waals surface area contributed by atoms with Crippen LogP contribution in [0.2, 0.25) is 5.02 Å². The van der Waals surface area contributed by atoms with Crippen molar-refractivity contribution >= 4 is 11.6 Å². The normalized spacial score (nSPS) is 12.9. The second kappa shape index (κ2) is 5.92. The van der Waals surface area contributed by atoms with Gasteiger partial charge in [-0.25, -0.2) is 4.39 Å². The molecule has 1 heterocycles. The average Bonchev–Trinajstić information content (AvgIpc) is 2.94. The Balaban J connectivity index is 1.98. The third-order valence-corrected chi connectivity index (χ3v) is 3.73. The summed E-state index contributed by atoms with van der Waals surface area (Å²) in [7, 11) is 0. The minimum absolute atomic E-state index is 0.0367. The van der Waals surface area contributed by atoms with Crippen molar-refractivity contribution in [1.29, 1.82) is 0 Å². The zero-order valence-corrected chi connectivity index (χ0v) is 12.1. The van der Waals surface area contributed by atoms with Crippen molar-refractivity contribution in [1.82, 2.24) is 0 Å². The van der Waals surface area contributed by atoms with Gasteiger partial charge in [-0.05, 0) is 36.7 Å². The molecule has 1 aliphatic rings. The minimum Gasteiger partial charge on any atom is -0.493 e. The number of ether oxygens (including phenoxy) is 2. The second-order valence-electron chi connectivity index (χ2n) is 4.85. The first-order valence-electron chi connectivity index (χ1n) is 6.79. The zero-order chi connectivity index (χ0) is 14.8. The summed E-state index contributed by atoms with van der Waals surface area (Å²) in [5, 5.41) is 0.0367. The largest absolute Gasteiger partial charge is 0.493 e. The first-order chi connectivity index (χ1) is 10.2. The number of rotatable bonds is 4. The van der Waals surface area contributed by atoms with E-state index in [4.69, 9.17) is 26.8 Å². The van der Waals surface area contributed by atoms with Crippen LogP contribution in [0.3, 0.4) is 0 Å². The lowest BCUT2D eigenvalue weighted by Crippen LogP contribution is -2.05. The molecule has 0 fully saturated rings. The van der Waals surface area contributed by atoms with E-state index in [1.807, 2.05) is 18.2 Å². The molecule has 3 rings (SSSR count). The van der Waals surface area contributed by atoms with E-state index in [0.717, 1.165) is 17.7 Å². The Morgan fingerprint density at radius 3 is 2.95 bits per heavy atom. The highest BCUT2D eigenvalue weighted by Crippen LogP contribution is 2.37. The first-order valence-corrected chi connectivity index (χ1v) is 7.17. The van der Waals surface area contributed by atoms with Gasteiger partial charge in [0.15, 0.2) is 0 Å². The van der Waals surface area contributed by atoms with Gasteiger partial charge in [-0.3, -0.25) is 0 Å². The van der Waals surface area contributed by atoms with Gasteiger partial charge in [0.05, 0.1) is 11.6 Å². The van der Waals surface area contributed by atoms with Crippen molar-refractivity contribution in [2.24, 2.45) is 5.73 Å². The van der Waals surface area contributed by atoms with E-state index in [9.17, 15) is 4.39 Å². The molecule has 1 aliphatic heterocycles. The molecule has 0 saturated heterocycles. The van der Waals surface area contributed by atoms with E-state index < -0.39 is 5.82 Å². The summed E-state index contributed by atoms with van der Waals surface area (Å²) >= 11 is 5.86. The highest BCUT2D eigenvalue weighted by atomic mass is 35.5. The predicted molar refractivity (Wildman–Crippen MR) is 79.9 cm³/mol. The molecule has 21 heavy (non-hydrogen) atoms. The van der Waals surface area contributed by atoms with Crippen LogP contribution in [0.1, 0.15) is 11.1 Å². The fourth-order valence-electron chi connectivity index (χ4n) is 2.42. The predicted octanol–water partition coefficient (Wildman–Crippen LogP) is 3.71. The lowest BCUT2D eigenvalue weighted by Gasteiger charge is -2.14. The molecular weight excluding hydrogens is 293 g/mol. The molecule has 110 valence electrons. The fraction of sp³-hybridized carbons (Fsp3) is 0.250. The molecule has 0 unspecified atom stereocenters. The Bertz CT molecular complexity index is 676. The third kappa shape index (κ3) is 2.82. The number of benzene rings is 2.